The van der Waals surface area contributed by atoms with Gasteiger partial charge in [-0.25, -0.2) is 9.97 Å². The molecule has 1 aromatic rings. The van der Waals surface area contributed by atoms with Crippen LogP contribution in [0.1, 0.15) is 45.2 Å². The molecule has 1 aliphatic heterocycles. The van der Waals surface area contributed by atoms with E-state index in [0.717, 1.165) is 30.6 Å². The molecule has 2 heterocycles. The molecule has 7 nitrogen and oxygen atoms in total. The van der Waals surface area contributed by atoms with Crippen LogP contribution in [0.15, 0.2) is 30.3 Å². The summed E-state index contributed by atoms with van der Waals surface area (Å²) in [7, 11) is 1.65. The number of allylic oxidation sites excluding steroid dienone is 4. The Labute approximate surface area is 159 Å². The lowest BCUT2D eigenvalue weighted by atomic mass is 10.0. The highest BCUT2D eigenvalue weighted by Crippen LogP contribution is 2.28. The van der Waals surface area contributed by atoms with Gasteiger partial charge in [0, 0.05) is 37.1 Å². The van der Waals surface area contributed by atoms with Gasteiger partial charge in [0.1, 0.15) is 17.9 Å². The number of carbonyl (C=O) groups is 2. The Kier molecular flexibility index (Phi) is 5.88. The van der Waals surface area contributed by atoms with Gasteiger partial charge in [0.15, 0.2) is 0 Å². The van der Waals surface area contributed by atoms with Crippen LogP contribution in [-0.4, -0.2) is 46.4 Å². The topological polar surface area (TPSA) is 84.4 Å². The third kappa shape index (κ3) is 4.18. The van der Waals surface area contributed by atoms with Crippen molar-refractivity contribution in [2.75, 3.05) is 19.0 Å². The molecule has 1 aliphatic carbocycles. The van der Waals surface area contributed by atoms with Crippen molar-refractivity contribution in [1.29, 1.82) is 0 Å². The van der Waals surface area contributed by atoms with Gasteiger partial charge in [-0.15, -0.1) is 0 Å². The zero-order chi connectivity index (χ0) is 19.4. The van der Waals surface area contributed by atoms with E-state index in [0.29, 0.717) is 18.1 Å². The van der Waals surface area contributed by atoms with Crippen molar-refractivity contribution in [2.45, 2.75) is 45.6 Å². The normalized spacial score (nSPS) is 20.8. The van der Waals surface area contributed by atoms with Crippen LogP contribution in [0.2, 0.25) is 0 Å². The number of anilines is 1. The first-order valence-electron chi connectivity index (χ1n) is 9.39. The summed E-state index contributed by atoms with van der Waals surface area (Å²) in [5.74, 6) is 0.808. The van der Waals surface area contributed by atoms with Crippen molar-refractivity contribution in [3.8, 4) is 0 Å². The van der Waals surface area contributed by atoms with Crippen LogP contribution in [0.5, 0.6) is 0 Å². The summed E-state index contributed by atoms with van der Waals surface area (Å²) in [6.07, 6.45) is 8.36. The SMILES string of the molecule is CCC(C)N1CC(C(=O)Nc2cc(C3=C(OC)CCC=C3)ncn2)CC1=O. The molecule has 7 heteroatoms. The van der Waals surface area contributed by atoms with Gasteiger partial charge in [-0.2, -0.15) is 0 Å². The van der Waals surface area contributed by atoms with Crippen molar-refractivity contribution < 1.29 is 14.3 Å². The van der Waals surface area contributed by atoms with Gasteiger partial charge in [0.05, 0.1) is 18.7 Å². The summed E-state index contributed by atoms with van der Waals surface area (Å²) in [5, 5.41) is 2.84. The summed E-state index contributed by atoms with van der Waals surface area (Å²) < 4.78 is 5.45. The van der Waals surface area contributed by atoms with Gasteiger partial charge in [-0.05, 0) is 19.8 Å². The van der Waals surface area contributed by atoms with Crippen LogP contribution in [0.25, 0.3) is 5.57 Å². The van der Waals surface area contributed by atoms with E-state index in [1.807, 2.05) is 19.9 Å². The Morgan fingerprint density at radius 3 is 3.00 bits per heavy atom. The fourth-order valence-electron chi connectivity index (χ4n) is 3.44. The number of nitrogens with zero attached hydrogens (tertiary/aromatic N) is 3. The predicted molar refractivity (Wildman–Crippen MR) is 103 cm³/mol. The Morgan fingerprint density at radius 1 is 1.44 bits per heavy atom. The lowest BCUT2D eigenvalue weighted by Crippen LogP contribution is -2.35. The molecule has 2 unspecified atom stereocenters. The number of amides is 2. The number of nitrogens with one attached hydrogen (secondary N) is 1. The molecule has 3 rings (SSSR count). The fraction of sp³-hybridized carbons (Fsp3) is 0.500. The van der Waals surface area contributed by atoms with Gasteiger partial charge in [0.2, 0.25) is 11.8 Å². The average Bonchev–Trinajstić information content (AvgIpc) is 3.09. The van der Waals surface area contributed by atoms with E-state index >= 15 is 0 Å². The van der Waals surface area contributed by atoms with E-state index in [9.17, 15) is 9.59 Å². The molecule has 2 aliphatic rings. The number of hydrogen-bond acceptors (Lipinski definition) is 5. The van der Waals surface area contributed by atoms with Crippen molar-refractivity contribution in [2.24, 2.45) is 5.92 Å². The van der Waals surface area contributed by atoms with Crippen LogP contribution >= 0.6 is 0 Å². The third-order valence-electron chi connectivity index (χ3n) is 5.22. The standard InChI is InChI=1S/C20H26N4O3/c1-4-13(2)24-11-14(9-19(24)25)20(26)23-18-10-16(21-12-22-18)15-7-5-6-8-17(15)27-3/h5,7,10,12-14H,4,6,8-9,11H2,1-3H3,(H,21,22,23,26). The van der Waals surface area contributed by atoms with Gasteiger partial charge < -0.3 is 15.0 Å². The van der Waals surface area contributed by atoms with Crippen molar-refractivity contribution in [1.82, 2.24) is 14.9 Å². The van der Waals surface area contributed by atoms with E-state index in [4.69, 9.17) is 4.74 Å². The van der Waals surface area contributed by atoms with E-state index in [2.05, 4.69) is 21.4 Å². The van der Waals surface area contributed by atoms with Crippen LogP contribution in [-0.2, 0) is 14.3 Å². The molecular formula is C20H26N4O3. The number of aromatic nitrogens is 2. The molecule has 27 heavy (non-hydrogen) atoms. The molecule has 0 spiro atoms. The summed E-state index contributed by atoms with van der Waals surface area (Å²) in [4.78, 5) is 35.0. The van der Waals surface area contributed by atoms with E-state index in [-0.39, 0.29) is 30.2 Å². The second-order valence-corrected chi connectivity index (χ2v) is 6.96. The Balaban J connectivity index is 1.72. The van der Waals surface area contributed by atoms with Crippen molar-refractivity contribution in [3.05, 3.63) is 36.0 Å². The van der Waals surface area contributed by atoms with Crippen LogP contribution < -0.4 is 5.32 Å². The molecule has 1 fully saturated rings. The minimum absolute atomic E-state index is 0.0371. The molecule has 0 radical (unpaired) electrons. The lowest BCUT2D eigenvalue weighted by Gasteiger charge is -2.23. The number of rotatable bonds is 6. The first kappa shape index (κ1) is 19.1. The molecule has 0 bridgehead atoms. The predicted octanol–water partition coefficient (Wildman–Crippen LogP) is 2.77. The van der Waals surface area contributed by atoms with E-state index in [1.165, 1.54) is 6.33 Å². The first-order chi connectivity index (χ1) is 13.0. The molecule has 144 valence electrons. The zero-order valence-electron chi connectivity index (χ0n) is 16.1. The molecule has 1 saturated heterocycles. The van der Waals surface area contributed by atoms with Gasteiger partial charge >= 0.3 is 0 Å². The minimum atomic E-state index is -0.353. The highest BCUT2D eigenvalue weighted by molar-refractivity contribution is 5.97. The van der Waals surface area contributed by atoms with Crippen molar-refractivity contribution >= 4 is 23.2 Å². The van der Waals surface area contributed by atoms with Crippen LogP contribution in [0.4, 0.5) is 5.82 Å². The zero-order valence-corrected chi connectivity index (χ0v) is 16.1. The number of methoxy groups -OCH3 is 1. The maximum atomic E-state index is 12.6. The second kappa shape index (κ2) is 8.33. The largest absolute Gasteiger partial charge is 0.500 e. The molecule has 1 aromatic heterocycles. The smallest absolute Gasteiger partial charge is 0.230 e. The van der Waals surface area contributed by atoms with Crippen LogP contribution in [0.3, 0.4) is 0 Å². The first-order valence-corrected chi connectivity index (χ1v) is 9.39. The number of hydrogen-bond donors (Lipinski definition) is 1. The molecule has 2 amide bonds. The van der Waals surface area contributed by atoms with Gasteiger partial charge in [0.25, 0.3) is 0 Å². The highest BCUT2D eigenvalue weighted by Gasteiger charge is 2.36. The summed E-state index contributed by atoms with van der Waals surface area (Å²) >= 11 is 0. The maximum Gasteiger partial charge on any atom is 0.230 e. The molecule has 0 saturated carbocycles. The Hall–Kier alpha value is -2.70. The number of likely N-dealkylation sites (tertiary alicyclic amines) is 1. The summed E-state index contributed by atoms with van der Waals surface area (Å²) in [6.45, 7) is 4.50. The minimum Gasteiger partial charge on any atom is -0.500 e. The summed E-state index contributed by atoms with van der Waals surface area (Å²) in [6, 6.07) is 1.89. The van der Waals surface area contributed by atoms with Gasteiger partial charge in [-0.1, -0.05) is 19.1 Å². The fourth-order valence-corrected chi connectivity index (χ4v) is 3.44. The quantitative estimate of drug-likeness (QED) is 0.832. The average molecular weight is 370 g/mol. The molecule has 2 atom stereocenters. The van der Waals surface area contributed by atoms with E-state index in [1.54, 1.807) is 18.1 Å². The Bertz CT molecular complexity index is 787. The highest BCUT2D eigenvalue weighted by atomic mass is 16.5. The molecule has 1 N–H and O–H groups in total. The summed E-state index contributed by atoms with van der Waals surface area (Å²) in [5.41, 5.74) is 1.61. The maximum absolute atomic E-state index is 12.6. The van der Waals surface area contributed by atoms with Crippen molar-refractivity contribution in [3.63, 3.8) is 0 Å². The van der Waals surface area contributed by atoms with Crippen LogP contribution in [0, 0.1) is 5.92 Å². The van der Waals surface area contributed by atoms with E-state index < -0.39 is 0 Å². The monoisotopic (exact) mass is 370 g/mol. The Morgan fingerprint density at radius 2 is 2.26 bits per heavy atom. The second-order valence-electron chi connectivity index (χ2n) is 6.96. The molecule has 0 aromatic carbocycles. The number of ether oxygens (including phenoxy) is 1. The lowest BCUT2D eigenvalue weighted by molar-refractivity contribution is -0.129. The molecular weight excluding hydrogens is 344 g/mol. The third-order valence-corrected chi connectivity index (χ3v) is 5.22. The van der Waals surface area contributed by atoms with Gasteiger partial charge in [-0.3, -0.25) is 9.59 Å². The number of carbonyl (C=O) groups excluding carboxylic acids is 2.